The van der Waals surface area contributed by atoms with Gasteiger partial charge in [-0.15, -0.1) is 6.58 Å². The Labute approximate surface area is 103 Å². The summed E-state index contributed by atoms with van der Waals surface area (Å²) in [5, 5.41) is 2.22. The quantitative estimate of drug-likeness (QED) is 0.547. The summed E-state index contributed by atoms with van der Waals surface area (Å²) in [6, 6.07) is 5.88. The van der Waals surface area contributed by atoms with Crippen LogP contribution in [0.25, 0.3) is 0 Å². The van der Waals surface area contributed by atoms with E-state index in [4.69, 9.17) is 9.47 Å². The van der Waals surface area contributed by atoms with E-state index in [9.17, 15) is 0 Å². The SMILES string of the molecule is C=CCc1cc(OC)ccc1OCC[NH2+]CC. The zero-order valence-corrected chi connectivity index (χ0v) is 10.7. The number of allylic oxidation sites excluding steroid dienone is 1. The Morgan fingerprint density at radius 3 is 2.88 bits per heavy atom. The first kappa shape index (κ1) is 13.6. The minimum atomic E-state index is 0.726. The summed E-state index contributed by atoms with van der Waals surface area (Å²) in [4.78, 5) is 0. The minimum absolute atomic E-state index is 0.726. The van der Waals surface area contributed by atoms with E-state index in [2.05, 4.69) is 18.8 Å². The number of quaternary nitrogens is 1. The number of ether oxygens (including phenoxy) is 2. The van der Waals surface area contributed by atoms with Gasteiger partial charge in [0.25, 0.3) is 0 Å². The first-order valence-electron chi connectivity index (χ1n) is 6.04. The van der Waals surface area contributed by atoms with Crippen molar-refractivity contribution in [3.05, 3.63) is 36.4 Å². The van der Waals surface area contributed by atoms with Crippen LogP contribution in [-0.4, -0.2) is 26.8 Å². The fourth-order valence-corrected chi connectivity index (χ4v) is 1.59. The third kappa shape index (κ3) is 4.49. The van der Waals surface area contributed by atoms with Crippen molar-refractivity contribution in [2.75, 3.05) is 26.8 Å². The number of benzene rings is 1. The summed E-state index contributed by atoms with van der Waals surface area (Å²) < 4.78 is 11.0. The van der Waals surface area contributed by atoms with Crippen molar-refractivity contribution in [2.24, 2.45) is 0 Å². The van der Waals surface area contributed by atoms with Crippen molar-refractivity contribution in [1.29, 1.82) is 0 Å². The van der Waals surface area contributed by atoms with Crippen LogP contribution in [0, 0.1) is 0 Å². The molecule has 0 aliphatic heterocycles. The van der Waals surface area contributed by atoms with E-state index in [1.165, 1.54) is 0 Å². The van der Waals surface area contributed by atoms with Gasteiger partial charge in [-0.1, -0.05) is 6.08 Å². The van der Waals surface area contributed by atoms with Gasteiger partial charge in [-0.3, -0.25) is 0 Å². The van der Waals surface area contributed by atoms with Crippen LogP contribution in [0.3, 0.4) is 0 Å². The number of likely N-dealkylation sites (N-methyl/N-ethyl adjacent to an activating group) is 1. The highest BCUT2D eigenvalue weighted by molar-refractivity contribution is 5.41. The maximum atomic E-state index is 5.76. The van der Waals surface area contributed by atoms with E-state index in [-0.39, 0.29) is 0 Å². The lowest BCUT2D eigenvalue weighted by molar-refractivity contribution is -0.652. The Morgan fingerprint density at radius 1 is 1.41 bits per heavy atom. The molecule has 0 radical (unpaired) electrons. The molecule has 0 saturated heterocycles. The van der Waals surface area contributed by atoms with Crippen LogP contribution in [-0.2, 0) is 6.42 Å². The molecule has 0 bridgehead atoms. The summed E-state index contributed by atoms with van der Waals surface area (Å²) in [5.74, 6) is 1.78. The normalized spacial score (nSPS) is 10.0. The van der Waals surface area contributed by atoms with Crippen LogP contribution < -0.4 is 14.8 Å². The van der Waals surface area contributed by atoms with Gasteiger partial charge in [-0.2, -0.15) is 0 Å². The summed E-state index contributed by atoms with van der Waals surface area (Å²) in [5.41, 5.74) is 1.12. The Morgan fingerprint density at radius 2 is 2.24 bits per heavy atom. The van der Waals surface area contributed by atoms with Gasteiger partial charge in [0.15, 0.2) is 0 Å². The summed E-state index contributed by atoms with van der Waals surface area (Å²) in [7, 11) is 1.67. The summed E-state index contributed by atoms with van der Waals surface area (Å²) in [6.07, 6.45) is 2.67. The van der Waals surface area contributed by atoms with Crippen molar-refractivity contribution in [1.82, 2.24) is 0 Å². The van der Waals surface area contributed by atoms with Crippen molar-refractivity contribution in [3.8, 4) is 11.5 Å². The van der Waals surface area contributed by atoms with Gasteiger partial charge in [0, 0.05) is 5.56 Å². The number of hydrogen-bond acceptors (Lipinski definition) is 2. The van der Waals surface area contributed by atoms with Crippen molar-refractivity contribution in [3.63, 3.8) is 0 Å². The molecular weight excluding hydrogens is 214 g/mol. The van der Waals surface area contributed by atoms with E-state index < -0.39 is 0 Å². The van der Waals surface area contributed by atoms with E-state index >= 15 is 0 Å². The molecule has 1 aromatic rings. The molecule has 0 unspecified atom stereocenters. The van der Waals surface area contributed by atoms with E-state index in [0.29, 0.717) is 0 Å². The number of nitrogens with two attached hydrogens (primary N) is 1. The molecule has 3 nitrogen and oxygen atoms in total. The molecule has 1 aromatic carbocycles. The molecule has 94 valence electrons. The fourth-order valence-electron chi connectivity index (χ4n) is 1.59. The molecule has 0 heterocycles. The van der Waals surface area contributed by atoms with Gasteiger partial charge >= 0.3 is 0 Å². The second-order valence-electron chi connectivity index (χ2n) is 3.80. The predicted octanol–water partition coefficient (Wildman–Crippen LogP) is 1.39. The van der Waals surface area contributed by atoms with E-state index in [1.807, 2.05) is 24.3 Å². The zero-order chi connectivity index (χ0) is 12.5. The number of rotatable bonds is 8. The molecule has 3 heteroatoms. The Kier molecular flexibility index (Phi) is 6.18. The molecule has 0 atom stereocenters. The number of methoxy groups -OCH3 is 1. The van der Waals surface area contributed by atoms with Crippen molar-refractivity contribution < 1.29 is 14.8 Å². The van der Waals surface area contributed by atoms with E-state index in [1.54, 1.807) is 7.11 Å². The highest BCUT2D eigenvalue weighted by Crippen LogP contribution is 2.24. The Hall–Kier alpha value is -1.48. The lowest BCUT2D eigenvalue weighted by Crippen LogP contribution is -2.84. The Bertz CT molecular complexity index is 350. The van der Waals surface area contributed by atoms with E-state index in [0.717, 1.165) is 43.2 Å². The van der Waals surface area contributed by atoms with Gasteiger partial charge < -0.3 is 14.8 Å². The highest BCUT2D eigenvalue weighted by atomic mass is 16.5. The first-order chi connectivity index (χ1) is 8.31. The minimum Gasteiger partial charge on any atom is -0.497 e. The maximum absolute atomic E-state index is 5.76. The molecular formula is C14H22NO2+. The molecule has 0 aliphatic rings. The third-order valence-corrected chi connectivity index (χ3v) is 2.50. The lowest BCUT2D eigenvalue weighted by atomic mass is 10.1. The van der Waals surface area contributed by atoms with Crippen LogP contribution >= 0.6 is 0 Å². The lowest BCUT2D eigenvalue weighted by Gasteiger charge is -2.11. The number of hydrogen-bond donors (Lipinski definition) is 1. The van der Waals surface area contributed by atoms with Crippen LogP contribution in [0.4, 0.5) is 0 Å². The average molecular weight is 236 g/mol. The monoisotopic (exact) mass is 236 g/mol. The summed E-state index contributed by atoms with van der Waals surface area (Å²) in [6.45, 7) is 8.69. The van der Waals surface area contributed by atoms with Gasteiger partial charge in [-0.05, 0) is 31.5 Å². The van der Waals surface area contributed by atoms with Crippen LogP contribution in [0.1, 0.15) is 12.5 Å². The predicted molar refractivity (Wildman–Crippen MR) is 69.7 cm³/mol. The smallest absolute Gasteiger partial charge is 0.137 e. The van der Waals surface area contributed by atoms with Gasteiger partial charge in [0.2, 0.25) is 0 Å². The summed E-state index contributed by atoms with van der Waals surface area (Å²) >= 11 is 0. The topological polar surface area (TPSA) is 35.1 Å². The maximum Gasteiger partial charge on any atom is 0.137 e. The fraction of sp³-hybridized carbons (Fsp3) is 0.429. The molecule has 1 rings (SSSR count). The first-order valence-corrected chi connectivity index (χ1v) is 6.04. The molecule has 0 fully saturated rings. The zero-order valence-electron chi connectivity index (χ0n) is 10.7. The van der Waals surface area contributed by atoms with Gasteiger partial charge in [0.1, 0.15) is 24.7 Å². The van der Waals surface area contributed by atoms with Crippen molar-refractivity contribution in [2.45, 2.75) is 13.3 Å². The molecule has 0 spiro atoms. The Balaban J connectivity index is 2.65. The largest absolute Gasteiger partial charge is 0.497 e. The van der Waals surface area contributed by atoms with Crippen molar-refractivity contribution >= 4 is 0 Å². The highest BCUT2D eigenvalue weighted by Gasteiger charge is 2.04. The van der Waals surface area contributed by atoms with Crippen LogP contribution in [0.5, 0.6) is 11.5 Å². The van der Waals surface area contributed by atoms with Gasteiger partial charge in [-0.25, -0.2) is 0 Å². The molecule has 17 heavy (non-hydrogen) atoms. The molecule has 0 aliphatic carbocycles. The third-order valence-electron chi connectivity index (χ3n) is 2.50. The second-order valence-corrected chi connectivity index (χ2v) is 3.80. The van der Waals surface area contributed by atoms with Crippen LogP contribution in [0.2, 0.25) is 0 Å². The standard InChI is InChI=1S/C14H21NO2/c1-4-6-12-11-13(16-3)7-8-14(12)17-10-9-15-5-2/h4,7-8,11,15H,1,5-6,9-10H2,2-3H3/p+1. The molecule has 2 N–H and O–H groups in total. The second kappa shape index (κ2) is 7.74. The molecule has 0 aromatic heterocycles. The van der Waals surface area contributed by atoms with Crippen LogP contribution in [0.15, 0.2) is 30.9 Å². The molecule has 0 saturated carbocycles. The molecule has 0 amide bonds. The van der Waals surface area contributed by atoms with Gasteiger partial charge in [0.05, 0.1) is 13.7 Å². The average Bonchev–Trinajstić information content (AvgIpc) is 2.36.